The fourth-order valence-electron chi connectivity index (χ4n) is 0.751. The molecule has 0 amide bonds. The Morgan fingerprint density at radius 2 is 2.00 bits per heavy atom. The minimum absolute atomic E-state index is 0.513. The third-order valence-corrected chi connectivity index (χ3v) is 3.50. The van der Waals surface area contributed by atoms with E-state index in [1.54, 1.807) is 0 Å². The predicted octanol–water partition coefficient (Wildman–Crippen LogP) is 2.67. The molecule has 11 heavy (non-hydrogen) atoms. The zero-order chi connectivity index (χ0) is 8.10. The van der Waals surface area contributed by atoms with Crippen molar-refractivity contribution >= 4 is 33.7 Å². The van der Waals surface area contributed by atoms with E-state index in [4.69, 9.17) is 0 Å². The van der Waals surface area contributed by atoms with Gasteiger partial charge in [0.15, 0.2) is 0 Å². The minimum atomic E-state index is 0.513. The molecule has 1 rings (SSSR count). The molecule has 0 radical (unpaired) electrons. The average molecular weight is 229 g/mol. The first-order valence-corrected chi connectivity index (χ1v) is 6.34. The van der Waals surface area contributed by atoms with Crippen LogP contribution in [-0.4, -0.2) is 15.0 Å². The third-order valence-electron chi connectivity index (χ3n) is 1.30. The van der Waals surface area contributed by atoms with Crippen LogP contribution in [0.2, 0.25) is 5.82 Å². The van der Waals surface area contributed by atoms with Crippen LogP contribution in [0.1, 0.15) is 5.56 Å². The van der Waals surface area contributed by atoms with Gasteiger partial charge in [0, 0.05) is 0 Å². The second-order valence-corrected chi connectivity index (χ2v) is 5.04. The van der Waals surface area contributed by atoms with Crippen LogP contribution in [0.25, 0.3) is 6.08 Å². The molecular weight excluding hydrogens is 219 g/mol. The fraction of sp³-hybridized carbons (Fsp3) is 0.111. The Morgan fingerprint density at radius 3 is 2.55 bits per heavy atom. The Kier molecular flexibility index (Phi) is 3.78. The monoisotopic (exact) mass is 230 g/mol. The molecule has 0 aliphatic rings. The van der Waals surface area contributed by atoms with Crippen molar-refractivity contribution in [1.82, 2.24) is 0 Å². The van der Waals surface area contributed by atoms with Crippen LogP contribution in [0, 0.1) is 0 Å². The maximum absolute atomic E-state index is 4.33. The van der Waals surface area contributed by atoms with Gasteiger partial charge < -0.3 is 0 Å². The molecule has 0 bridgehead atoms. The van der Waals surface area contributed by atoms with E-state index >= 15 is 0 Å². The van der Waals surface area contributed by atoms with E-state index in [2.05, 4.69) is 36.7 Å². The molecule has 0 aliphatic carbocycles. The van der Waals surface area contributed by atoms with Gasteiger partial charge in [-0.05, 0) is 0 Å². The molecular formula is C9H10SSe. The van der Waals surface area contributed by atoms with Crippen molar-refractivity contribution in [1.29, 1.82) is 0 Å². The number of benzene rings is 1. The number of hydrogen-bond acceptors (Lipinski definition) is 1. The maximum atomic E-state index is 4.33. The van der Waals surface area contributed by atoms with Gasteiger partial charge in [-0.2, -0.15) is 0 Å². The van der Waals surface area contributed by atoms with Crippen LogP contribution in [0.15, 0.2) is 34.1 Å². The van der Waals surface area contributed by atoms with E-state index in [0.29, 0.717) is 15.0 Å². The van der Waals surface area contributed by atoms with Crippen molar-refractivity contribution in [3.63, 3.8) is 0 Å². The van der Waals surface area contributed by atoms with Crippen molar-refractivity contribution in [3.8, 4) is 0 Å². The molecule has 1 aromatic carbocycles. The summed E-state index contributed by atoms with van der Waals surface area (Å²) in [7, 11) is 0. The molecule has 0 nitrogen and oxygen atoms in total. The van der Waals surface area contributed by atoms with Gasteiger partial charge in [0.1, 0.15) is 0 Å². The topological polar surface area (TPSA) is 0 Å². The summed E-state index contributed by atoms with van der Waals surface area (Å²) in [6.07, 6.45) is 2.11. The van der Waals surface area contributed by atoms with Crippen molar-refractivity contribution < 1.29 is 0 Å². The van der Waals surface area contributed by atoms with Crippen LogP contribution >= 0.6 is 12.6 Å². The summed E-state index contributed by atoms with van der Waals surface area (Å²) in [6.45, 7) is 0. The molecule has 0 aliphatic heterocycles. The van der Waals surface area contributed by atoms with E-state index in [0.717, 1.165) is 0 Å². The normalized spacial score (nSPS) is 11.6. The van der Waals surface area contributed by atoms with Crippen molar-refractivity contribution in [2.75, 3.05) is 0 Å². The van der Waals surface area contributed by atoms with Crippen LogP contribution < -0.4 is 0 Å². The van der Waals surface area contributed by atoms with E-state index in [-0.39, 0.29) is 0 Å². The van der Waals surface area contributed by atoms with Crippen LogP contribution in [-0.2, 0) is 0 Å². The molecule has 1 aromatic rings. The van der Waals surface area contributed by atoms with Gasteiger partial charge in [0.25, 0.3) is 0 Å². The molecule has 0 N–H and O–H groups in total. The van der Waals surface area contributed by atoms with E-state index < -0.39 is 0 Å². The Bertz CT molecular complexity index is 241. The SMILES string of the molecule is C[Se]/C(S)=C\c1ccccc1. The van der Waals surface area contributed by atoms with Gasteiger partial charge in [-0.1, -0.05) is 0 Å². The number of hydrogen-bond donors (Lipinski definition) is 1. The summed E-state index contributed by atoms with van der Waals surface area (Å²) in [5.74, 6) is 2.16. The molecule has 0 unspecified atom stereocenters. The van der Waals surface area contributed by atoms with E-state index in [9.17, 15) is 0 Å². The van der Waals surface area contributed by atoms with Crippen molar-refractivity contribution in [3.05, 3.63) is 39.7 Å². The number of rotatable bonds is 2. The van der Waals surface area contributed by atoms with Gasteiger partial charge in [0.05, 0.1) is 0 Å². The van der Waals surface area contributed by atoms with Crippen LogP contribution in [0.5, 0.6) is 0 Å². The molecule has 0 fully saturated rings. The van der Waals surface area contributed by atoms with Gasteiger partial charge in [-0.15, -0.1) is 0 Å². The Morgan fingerprint density at radius 1 is 1.36 bits per heavy atom. The second kappa shape index (κ2) is 4.66. The summed E-state index contributed by atoms with van der Waals surface area (Å²) < 4.78 is 1.18. The van der Waals surface area contributed by atoms with Gasteiger partial charge in [0.2, 0.25) is 0 Å². The Hall–Kier alpha value is -0.171. The fourth-order valence-corrected chi connectivity index (χ4v) is 1.43. The molecule has 0 saturated heterocycles. The summed E-state index contributed by atoms with van der Waals surface area (Å²) >= 11 is 4.84. The zero-order valence-corrected chi connectivity index (χ0v) is 8.93. The molecule has 0 saturated carbocycles. The van der Waals surface area contributed by atoms with Gasteiger partial charge >= 0.3 is 79.2 Å². The molecule has 0 aromatic heterocycles. The van der Waals surface area contributed by atoms with Gasteiger partial charge in [-0.25, -0.2) is 0 Å². The van der Waals surface area contributed by atoms with Crippen molar-refractivity contribution in [2.45, 2.75) is 5.82 Å². The van der Waals surface area contributed by atoms with Crippen LogP contribution in [0.4, 0.5) is 0 Å². The first-order valence-electron chi connectivity index (χ1n) is 3.32. The van der Waals surface area contributed by atoms with E-state index in [1.165, 1.54) is 9.37 Å². The molecule has 0 heterocycles. The number of thiol groups is 1. The summed E-state index contributed by atoms with van der Waals surface area (Å²) in [5.41, 5.74) is 1.24. The third kappa shape index (κ3) is 3.15. The second-order valence-electron chi connectivity index (χ2n) is 2.10. The predicted molar refractivity (Wildman–Crippen MR) is 55.0 cm³/mol. The van der Waals surface area contributed by atoms with Crippen LogP contribution in [0.3, 0.4) is 0 Å². The summed E-state index contributed by atoms with van der Waals surface area (Å²) in [4.78, 5) is 0. The van der Waals surface area contributed by atoms with Gasteiger partial charge in [-0.3, -0.25) is 0 Å². The standard InChI is InChI=1S/C9H10SSe/c1-11-9(10)7-8-5-3-2-4-6-8/h2-7,10H,1H3/b9-7-. The van der Waals surface area contributed by atoms with E-state index in [1.807, 2.05) is 18.2 Å². The molecule has 58 valence electrons. The van der Waals surface area contributed by atoms with Crippen molar-refractivity contribution in [2.24, 2.45) is 0 Å². The molecule has 0 spiro atoms. The summed E-state index contributed by atoms with van der Waals surface area (Å²) in [5, 5.41) is 0. The molecule has 2 heteroatoms. The average Bonchev–Trinajstić information content (AvgIpc) is 2.06. The first kappa shape index (κ1) is 8.92. The Balaban J connectivity index is 2.79. The first-order chi connectivity index (χ1) is 5.33. The quantitative estimate of drug-likeness (QED) is 0.585. The Labute approximate surface area is 79.3 Å². The zero-order valence-electron chi connectivity index (χ0n) is 6.32. The summed E-state index contributed by atoms with van der Waals surface area (Å²) in [6, 6.07) is 10.3. The molecule has 0 atom stereocenters.